The fourth-order valence-electron chi connectivity index (χ4n) is 2.22. The van der Waals surface area contributed by atoms with Crippen LogP contribution in [-0.4, -0.2) is 11.9 Å². The van der Waals surface area contributed by atoms with E-state index in [-0.39, 0.29) is 22.6 Å². The zero-order valence-corrected chi connectivity index (χ0v) is 14.8. The first-order valence-corrected chi connectivity index (χ1v) is 8.33. The molecule has 0 aromatic heterocycles. The molecular formula is C20H12Cl2O4. The predicted molar refractivity (Wildman–Crippen MR) is 99.3 cm³/mol. The van der Waals surface area contributed by atoms with E-state index in [1.807, 2.05) is 0 Å². The minimum Gasteiger partial charge on any atom is -0.423 e. The Balaban J connectivity index is 1.83. The minimum atomic E-state index is -0.689. The monoisotopic (exact) mass is 386 g/mol. The first-order valence-electron chi connectivity index (χ1n) is 7.57. The van der Waals surface area contributed by atoms with E-state index in [0.717, 1.165) is 0 Å². The van der Waals surface area contributed by atoms with Gasteiger partial charge in [-0.05, 0) is 48.5 Å². The van der Waals surface area contributed by atoms with Crippen molar-refractivity contribution in [3.8, 4) is 11.5 Å². The molecule has 0 saturated carbocycles. The lowest BCUT2D eigenvalue weighted by atomic mass is 10.1. The number of benzene rings is 3. The normalized spacial score (nSPS) is 10.2. The van der Waals surface area contributed by atoms with Crippen molar-refractivity contribution in [2.75, 3.05) is 0 Å². The largest absolute Gasteiger partial charge is 0.423 e. The van der Waals surface area contributed by atoms with E-state index in [9.17, 15) is 9.59 Å². The van der Waals surface area contributed by atoms with Crippen LogP contribution in [0, 0.1) is 0 Å². The first kappa shape index (κ1) is 18.0. The highest BCUT2D eigenvalue weighted by Gasteiger charge is 2.20. The smallest absolute Gasteiger partial charge is 0.344 e. The summed E-state index contributed by atoms with van der Waals surface area (Å²) in [4.78, 5) is 24.9. The van der Waals surface area contributed by atoms with Crippen molar-refractivity contribution in [1.29, 1.82) is 0 Å². The van der Waals surface area contributed by atoms with Gasteiger partial charge in [-0.1, -0.05) is 47.5 Å². The highest BCUT2D eigenvalue weighted by atomic mass is 35.5. The van der Waals surface area contributed by atoms with Crippen LogP contribution in [-0.2, 0) is 0 Å². The Hall–Kier alpha value is -2.82. The second-order valence-electron chi connectivity index (χ2n) is 5.24. The highest BCUT2D eigenvalue weighted by Crippen LogP contribution is 2.22. The topological polar surface area (TPSA) is 52.6 Å². The lowest BCUT2D eigenvalue weighted by molar-refractivity contribution is 0.0692. The van der Waals surface area contributed by atoms with Crippen LogP contribution in [0.5, 0.6) is 11.5 Å². The zero-order valence-electron chi connectivity index (χ0n) is 13.3. The molecule has 0 saturated heterocycles. The van der Waals surface area contributed by atoms with Gasteiger partial charge in [-0.3, -0.25) is 0 Å². The van der Waals surface area contributed by atoms with Crippen LogP contribution < -0.4 is 9.47 Å². The summed E-state index contributed by atoms with van der Waals surface area (Å²) in [7, 11) is 0. The van der Waals surface area contributed by atoms with Crippen LogP contribution in [0.15, 0.2) is 72.8 Å². The molecule has 26 heavy (non-hydrogen) atoms. The van der Waals surface area contributed by atoms with E-state index < -0.39 is 11.9 Å². The summed E-state index contributed by atoms with van der Waals surface area (Å²) in [5, 5.41) is 0.868. The molecule has 0 bridgehead atoms. The molecule has 0 amide bonds. The molecule has 0 radical (unpaired) electrons. The van der Waals surface area contributed by atoms with Gasteiger partial charge in [0.1, 0.15) is 11.5 Å². The van der Waals surface area contributed by atoms with Gasteiger partial charge in [0.2, 0.25) is 0 Å². The van der Waals surface area contributed by atoms with Crippen LogP contribution in [0.1, 0.15) is 20.7 Å². The molecule has 130 valence electrons. The summed E-state index contributed by atoms with van der Waals surface area (Å²) in [6, 6.07) is 19.1. The van der Waals surface area contributed by atoms with Gasteiger partial charge in [-0.2, -0.15) is 0 Å². The maximum Gasteiger partial charge on any atom is 0.344 e. The number of halogens is 2. The molecule has 4 nitrogen and oxygen atoms in total. The molecule has 0 aliphatic heterocycles. The third kappa shape index (κ3) is 4.42. The van der Waals surface area contributed by atoms with Crippen molar-refractivity contribution in [3.63, 3.8) is 0 Å². The van der Waals surface area contributed by atoms with Crippen LogP contribution >= 0.6 is 23.2 Å². The Morgan fingerprint density at radius 2 is 1.04 bits per heavy atom. The molecule has 3 aromatic rings. The molecule has 0 N–H and O–H groups in total. The average molecular weight is 387 g/mol. The van der Waals surface area contributed by atoms with Crippen molar-refractivity contribution in [3.05, 3.63) is 94.0 Å². The summed E-state index contributed by atoms with van der Waals surface area (Å²) >= 11 is 11.8. The van der Waals surface area contributed by atoms with E-state index >= 15 is 0 Å². The maximum absolute atomic E-state index is 12.5. The van der Waals surface area contributed by atoms with Gasteiger partial charge >= 0.3 is 11.9 Å². The van der Waals surface area contributed by atoms with Crippen LogP contribution in [0.2, 0.25) is 10.0 Å². The predicted octanol–water partition coefficient (Wildman–Crippen LogP) is 5.43. The van der Waals surface area contributed by atoms with Crippen molar-refractivity contribution in [2.45, 2.75) is 0 Å². The quantitative estimate of drug-likeness (QED) is 0.442. The molecule has 0 unspecified atom stereocenters. The van der Waals surface area contributed by atoms with Crippen LogP contribution in [0.25, 0.3) is 0 Å². The Morgan fingerprint density at radius 1 is 0.615 bits per heavy atom. The average Bonchev–Trinajstić information content (AvgIpc) is 2.61. The van der Waals surface area contributed by atoms with Gasteiger partial charge in [0.15, 0.2) is 0 Å². The van der Waals surface area contributed by atoms with Crippen molar-refractivity contribution in [1.82, 2.24) is 0 Å². The lowest BCUT2D eigenvalue weighted by Crippen LogP contribution is -2.17. The number of rotatable bonds is 4. The van der Waals surface area contributed by atoms with Crippen molar-refractivity contribution < 1.29 is 19.1 Å². The molecule has 0 aliphatic carbocycles. The van der Waals surface area contributed by atoms with Gasteiger partial charge in [-0.15, -0.1) is 0 Å². The second-order valence-corrected chi connectivity index (χ2v) is 6.11. The highest BCUT2D eigenvalue weighted by molar-refractivity contribution is 6.31. The van der Waals surface area contributed by atoms with Gasteiger partial charge in [0.25, 0.3) is 0 Å². The standard InChI is InChI=1S/C20H12Cl2O4/c21-13-5-3-7-15(11-13)25-19(23)17-9-1-2-10-18(17)20(24)26-16-8-4-6-14(22)12-16/h1-12H. The molecule has 0 atom stereocenters. The first-order chi connectivity index (χ1) is 12.5. The molecule has 3 rings (SSSR count). The second kappa shape index (κ2) is 8.04. The lowest BCUT2D eigenvalue weighted by Gasteiger charge is -2.10. The molecule has 0 spiro atoms. The molecule has 6 heteroatoms. The minimum absolute atomic E-state index is 0.0829. The molecule has 0 aliphatic rings. The van der Waals surface area contributed by atoms with E-state index in [0.29, 0.717) is 10.0 Å². The SMILES string of the molecule is O=C(Oc1cccc(Cl)c1)c1ccccc1C(=O)Oc1cccc(Cl)c1. The summed E-state index contributed by atoms with van der Waals surface area (Å²) < 4.78 is 10.6. The third-order valence-electron chi connectivity index (χ3n) is 3.38. The number of ether oxygens (including phenoxy) is 2. The summed E-state index contributed by atoms with van der Waals surface area (Å²) in [5.41, 5.74) is 0.166. The summed E-state index contributed by atoms with van der Waals surface area (Å²) in [6.45, 7) is 0. The Kier molecular flexibility index (Phi) is 5.56. The Morgan fingerprint density at radius 3 is 1.42 bits per heavy atom. The van der Waals surface area contributed by atoms with E-state index in [4.69, 9.17) is 32.7 Å². The fraction of sp³-hybridized carbons (Fsp3) is 0. The number of esters is 2. The van der Waals surface area contributed by atoms with E-state index in [2.05, 4.69) is 0 Å². The van der Waals surface area contributed by atoms with Crippen molar-refractivity contribution >= 4 is 35.1 Å². The molecule has 0 heterocycles. The van der Waals surface area contributed by atoms with E-state index in [1.165, 1.54) is 24.3 Å². The van der Waals surface area contributed by atoms with Crippen LogP contribution in [0.3, 0.4) is 0 Å². The van der Waals surface area contributed by atoms with Gasteiger partial charge in [0, 0.05) is 10.0 Å². The van der Waals surface area contributed by atoms with E-state index in [1.54, 1.807) is 48.5 Å². The maximum atomic E-state index is 12.5. The van der Waals surface area contributed by atoms with Gasteiger partial charge in [0.05, 0.1) is 11.1 Å². The fourth-order valence-corrected chi connectivity index (χ4v) is 2.58. The van der Waals surface area contributed by atoms with Crippen LogP contribution in [0.4, 0.5) is 0 Å². The number of carbonyl (C=O) groups is 2. The van der Waals surface area contributed by atoms with Gasteiger partial charge < -0.3 is 9.47 Å². The zero-order chi connectivity index (χ0) is 18.5. The number of hydrogen-bond acceptors (Lipinski definition) is 4. The third-order valence-corrected chi connectivity index (χ3v) is 3.85. The molecule has 3 aromatic carbocycles. The van der Waals surface area contributed by atoms with Crippen molar-refractivity contribution in [2.24, 2.45) is 0 Å². The molecular weight excluding hydrogens is 375 g/mol. The van der Waals surface area contributed by atoms with Gasteiger partial charge in [-0.25, -0.2) is 9.59 Å². The Bertz CT molecular complexity index is 891. The number of carbonyl (C=O) groups excluding carboxylic acids is 2. The number of hydrogen-bond donors (Lipinski definition) is 0. The summed E-state index contributed by atoms with van der Waals surface area (Å²) in [6.07, 6.45) is 0. The summed E-state index contributed by atoms with van der Waals surface area (Å²) in [5.74, 6) is -0.821. The molecule has 0 fully saturated rings. The Labute approximate surface area is 159 Å².